The zero-order chi connectivity index (χ0) is 16.2. The number of nitrogens with zero attached hydrogens (tertiary/aromatic N) is 3. The topological polar surface area (TPSA) is 83.4 Å². The second-order valence-electron chi connectivity index (χ2n) is 5.54. The molecule has 0 bridgehead atoms. The van der Waals surface area contributed by atoms with E-state index >= 15 is 0 Å². The lowest BCUT2D eigenvalue weighted by atomic mass is 10.1. The first-order valence-electron chi connectivity index (χ1n) is 7.55. The summed E-state index contributed by atoms with van der Waals surface area (Å²) in [5, 5.41) is 9.01. The standard InChI is InChI=1S/C17H17N3O3/c21-15(22)9-13-7-4-8-20(13)17(23)14-10-18-11-19-16(14)12-5-2-1-3-6-12/h1-3,5-6,10-11,13H,4,7-9H2,(H,21,22). The molecule has 3 rings (SSSR count). The molecule has 2 heterocycles. The van der Waals surface area contributed by atoms with Crippen LogP contribution in [0.5, 0.6) is 0 Å². The van der Waals surface area contributed by atoms with Crippen molar-refractivity contribution in [3.05, 3.63) is 48.4 Å². The molecular weight excluding hydrogens is 294 g/mol. The summed E-state index contributed by atoms with van der Waals surface area (Å²) in [6.45, 7) is 0.569. The lowest BCUT2D eigenvalue weighted by molar-refractivity contribution is -0.137. The number of hydrogen-bond acceptors (Lipinski definition) is 4. The van der Waals surface area contributed by atoms with Gasteiger partial charge < -0.3 is 10.0 Å². The Balaban J connectivity index is 1.93. The molecule has 118 valence electrons. The van der Waals surface area contributed by atoms with Gasteiger partial charge in [-0.1, -0.05) is 30.3 Å². The molecule has 0 aliphatic carbocycles. The van der Waals surface area contributed by atoms with E-state index in [2.05, 4.69) is 9.97 Å². The molecule has 6 nitrogen and oxygen atoms in total. The third-order valence-corrected chi connectivity index (χ3v) is 4.04. The number of carboxylic acids is 1. The summed E-state index contributed by atoms with van der Waals surface area (Å²) >= 11 is 0. The van der Waals surface area contributed by atoms with Crippen molar-refractivity contribution >= 4 is 11.9 Å². The SMILES string of the molecule is O=C(O)CC1CCCN1C(=O)c1cncnc1-c1ccccc1. The summed E-state index contributed by atoms with van der Waals surface area (Å²) < 4.78 is 0. The Kier molecular flexibility index (Phi) is 4.32. The van der Waals surface area contributed by atoms with E-state index in [-0.39, 0.29) is 18.4 Å². The molecule has 1 N–H and O–H groups in total. The van der Waals surface area contributed by atoms with Gasteiger partial charge in [0.1, 0.15) is 6.33 Å². The lowest BCUT2D eigenvalue weighted by Gasteiger charge is -2.24. The fraction of sp³-hybridized carbons (Fsp3) is 0.294. The molecule has 1 unspecified atom stereocenters. The van der Waals surface area contributed by atoms with Crippen LogP contribution in [0.15, 0.2) is 42.9 Å². The van der Waals surface area contributed by atoms with Crippen molar-refractivity contribution in [1.82, 2.24) is 14.9 Å². The molecule has 0 spiro atoms. The second kappa shape index (κ2) is 6.56. The summed E-state index contributed by atoms with van der Waals surface area (Å²) in [4.78, 5) is 33.7. The fourth-order valence-electron chi connectivity index (χ4n) is 2.98. The second-order valence-corrected chi connectivity index (χ2v) is 5.54. The normalized spacial score (nSPS) is 17.2. The smallest absolute Gasteiger partial charge is 0.305 e. The van der Waals surface area contributed by atoms with Crippen LogP contribution in [0.4, 0.5) is 0 Å². The Labute approximate surface area is 133 Å². The number of rotatable bonds is 4. The predicted molar refractivity (Wildman–Crippen MR) is 83.8 cm³/mol. The summed E-state index contributed by atoms with van der Waals surface area (Å²) in [6, 6.07) is 9.18. The molecule has 23 heavy (non-hydrogen) atoms. The summed E-state index contributed by atoms with van der Waals surface area (Å²) in [6.07, 6.45) is 4.43. The van der Waals surface area contributed by atoms with Crippen molar-refractivity contribution in [1.29, 1.82) is 0 Å². The number of likely N-dealkylation sites (tertiary alicyclic amines) is 1. The van der Waals surface area contributed by atoms with Gasteiger partial charge in [-0.25, -0.2) is 9.97 Å². The highest BCUT2D eigenvalue weighted by atomic mass is 16.4. The number of carboxylic acid groups (broad SMARTS) is 1. The summed E-state index contributed by atoms with van der Waals surface area (Å²) in [7, 11) is 0. The van der Waals surface area contributed by atoms with Gasteiger partial charge in [0.2, 0.25) is 0 Å². The number of benzene rings is 1. The van der Waals surface area contributed by atoms with Crippen LogP contribution in [0.3, 0.4) is 0 Å². The van der Waals surface area contributed by atoms with Crippen LogP contribution < -0.4 is 0 Å². The Morgan fingerprint density at radius 2 is 2.04 bits per heavy atom. The first kappa shape index (κ1) is 15.1. The first-order valence-corrected chi connectivity index (χ1v) is 7.55. The lowest BCUT2D eigenvalue weighted by Crippen LogP contribution is -2.37. The molecule has 0 saturated carbocycles. The van der Waals surface area contributed by atoms with Crippen molar-refractivity contribution in [3.8, 4) is 11.3 Å². The molecule has 1 saturated heterocycles. The van der Waals surface area contributed by atoms with Gasteiger partial charge in [0.15, 0.2) is 0 Å². The van der Waals surface area contributed by atoms with Gasteiger partial charge in [-0.05, 0) is 12.8 Å². The molecule has 1 fully saturated rings. The number of aromatic nitrogens is 2. The van der Waals surface area contributed by atoms with Crippen LogP contribution in [0.25, 0.3) is 11.3 Å². The maximum absolute atomic E-state index is 12.9. The Morgan fingerprint density at radius 1 is 1.26 bits per heavy atom. The third-order valence-electron chi connectivity index (χ3n) is 4.04. The van der Waals surface area contributed by atoms with Crippen molar-refractivity contribution in [2.24, 2.45) is 0 Å². The maximum Gasteiger partial charge on any atom is 0.305 e. The Hall–Kier alpha value is -2.76. The van der Waals surface area contributed by atoms with Crippen molar-refractivity contribution in [2.75, 3.05) is 6.54 Å². The fourth-order valence-corrected chi connectivity index (χ4v) is 2.98. The van der Waals surface area contributed by atoms with E-state index in [9.17, 15) is 9.59 Å². The molecule has 6 heteroatoms. The highest BCUT2D eigenvalue weighted by Crippen LogP contribution is 2.26. The van der Waals surface area contributed by atoms with Gasteiger partial charge in [-0.15, -0.1) is 0 Å². The number of amides is 1. The molecule has 0 radical (unpaired) electrons. The number of carbonyl (C=O) groups excluding carboxylic acids is 1. The summed E-state index contributed by atoms with van der Waals surface area (Å²) in [5.74, 6) is -1.09. The van der Waals surface area contributed by atoms with Crippen molar-refractivity contribution in [3.63, 3.8) is 0 Å². The van der Waals surface area contributed by atoms with E-state index in [1.807, 2.05) is 30.3 Å². The van der Waals surface area contributed by atoms with Crippen LogP contribution in [0, 0.1) is 0 Å². The maximum atomic E-state index is 12.9. The quantitative estimate of drug-likeness (QED) is 0.936. The number of aliphatic carboxylic acids is 1. The molecular formula is C17H17N3O3. The molecule has 2 aromatic rings. The minimum atomic E-state index is -0.887. The van der Waals surface area contributed by atoms with E-state index in [1.54, 1.807) is 4.90 Å². The molecule has 1 aliphatic heterocycles. The van der Waals surface area contributed by atoms with Crippen molar-refractivity contribution < 1.29 is 14.7 Å². The minimum Gasteiger partial charge on any atom is -0.481 e. The minimum absolute atomic E-state index is 0.0277. The first-order chi connectivity index (χ1) is 11.2. The van der Waals surface area contributed by atoms with E-state index in [1.165, 1.54) is 12.5 Å². The van der Waals surface area contributed by atoms with Crippen LogP contribution in [-0.2, 0) is 4.79 Å². The van der Waals surface area contributed by atoms with E-state index in [4.69, 9.17) is 5.11 Å². The van der Waals surface area contributed by atoms with E-state index in [0.717, 1.165) is 12.0 Å². The van der Waals surface area contributed by atoms with Crippen molar-refractivity contribution in [2.45, 2.75) is 25.3 Å². The van der Waals surface area contributed by atoms with Gasteiger partial charge in [-0.3, -0.25) is 9.59 Å². The highest BCUT2D eigenvalue weighted by molar-refractivity contribution is 6.00. The highest BCUT2D eigenvalue weighted by Gasteiger charge is 2.32. The monoisotopic (exact) mass is 311 g/mol. The van der Waals surface area contributed by atoms with Gasteiger partial charge in [0, 0.05) is 24.3 Å². The number of carbonyl (C=O) groups is 2. The van der Waals surface area contributed by atoms with Crippen LogP contribution in [0.2, 0.25) is 0 Å². The van der Waals surface area contributed by atoms with E-state index < -0.39 is 5.97 Å². The van der Waals surface area contributed by atoms with Crippen LogP contribution in [-0.4, -0.2) is 44.4 Å². The average Bonchev–Trinajstić information content (AvgIpc) is 3.02. The van der Waals surface area contributed by atoms with Crippen LogP contribution >= 0.6 is 0 Å². The number of hydrogen-bond donors (Lipinski definition) is 1. The molecule has 1 aromatic heterocycles. The summed E-state index contributed by atoms with van der Waals surface area (Å²) in [5.41, 5.74) is 1.83. The van der Waals surface area contributed by atoms with Gasteiger partial charge in [-0.2, -0.15) is 0 Å². The van der Waals surface area contributed by atoms with Crippen LogP contribution in [0.1, 0.15) is 29.6 Å². The van der Waals surface area contributed by atoms with Gasteiger partial charge in [0.05, 0.1) is 17.7 Å². The Bertz CT molecular complexity index is 718. The molecule has 1 atom stereocenters. The largest absolute Gasteiger partial charge is 0.481 e. The zero-order valence-electron chi connectivity index (χ0n) is 12.6. The average molecular weight is 311 g/mol. The molecule has 1 aliphatic rings. The third kappa shape index (κ3) is 3.21. The van der Waals surface area contributed by atoms with Gasteiger partial charge in [0.25, 0.3) is 5.91 Å². The zero-order valence-corrected chi connectivity index (χ0v) is 12.6. The van der Waals surface area contributed by atoms with Gasteiger partial charge >= 0.3 is 5.97 Å². The predicted octanol–water partition coefficient (Wildman–Crippen LogP) is 2.22. The Morgan fingerprint density at radius 3 is 2.78 bits per heavy atom. The van der Waals surface area contributed by atoms with E-state index in [0.29, 0.717) is 24.2 Å². The molecule has 1 aromatic carbocycles. The molecule has 1 amide bonds.